The van der Waals surface area contributed by atoms with E-state index in [2.05, 4.69) is 6.92 Å². The Morgan fingerprint density at radius 2 is 1.79 bits per heavy atom. The van der Waals surface area contributed by atoms with E-state index >= 15 is 0 Å². The molecule has 0 aliphatic carbocycles. The number of rotatable bonds is 1. The van der Waals surface area contributed by atoms with Crippen molar-refractivity contribution in [3.05, 3.63) is 0 Å². The first-order valence-corrected chi connectivity index (χ1v) is 6.88. The van der Waals surface area contributed by atoms with E-state index in [0.29, 0.717) is 12.5 Å². The van der Waals surface area contributed by atoms with Gasteiger partial charge in [0.25, 0.3) is 0 Å². The highest BCUT2D eigenvalue weighted by Gasteiger charge is 2.42. The molecule has 0 bridgehead atoms. The fourth-order valence-electron chi connectivity index (χ4n) is 2.98. The molecular weight excluding hydrogens is 248 g/mol. The minimum atomic E-state index is -1.04. The highest BCUT2D eigenvalue weighted by molar-refractivity contribution is 5.83. The smallest absolute Gasteiger partial charge is 0.326 e. The molecule has 6 nitrogen and oxygen atoms in total. The van der Waals surface area contributed by atoms with Crippen LogP contribution < -0.4 is 0 Å². The molecule has 4 unspecified atom stereocenters. The van der Waals surface area contributed by atoms with Crippen LogP contribution >= 0.6 is 0 Å². The number of aliphatic hydroxyl groups is 1. The van der Waals surface area contributed by atoms with Crippen molar-refractivity contribution in [2.75, 3.05) is 13.1 Å². The van der Waals surface area contributed by atoms with Gasteiger partial charge in [0.15, 0.2) is 0 Å². The third-order valence-corrected chi connectivity index (χ3v) is 4.17. The van der Waals surface area contributed by atoms with Crippen LogP contribution in [0.15, 0.2) is 0 Å². The number of carboxylic acid groups (broad SMARTS) is 1. The molecule has 19 heavy (non-hydrogen) atoms. The summed E-state index contributed by atoms with van der Waals surface area (Å²) in [6.07, 6.45) is 1.43. The van der Waals surface area contributed by atoms with Crippen LogP contribution in [0.5, 0.6) is 0 Å². The average molecular weight is 270 g/mol. The number of β-amino-alcohol motifs (C(OH)–C–C–N with tert-alkyl or cyclic N) is 1. The molecular formula is C13H22N2O4. The minimum absolute atomic E-state index is 0.118. The first kappa shape index (κ1) is 14.1. The lowest BCUT2D eigenvalue weighted by molar-refractivity contribution is -0.141. The third-order valence-electron chi connectivity index (χ3n) is 4.17. The van der Waals surface area contributed by atoms with Gasteiger partial charge in [0.05, 0.1) is 6.10 Å². The summed E-state index contributed by atoms with van der Waals surface area (Å²) in [7, 11) is 0. The number of aliphatic hydroxyl groups excluding tert-OH is 1. The molecule has 2 N–H and O–H groups in total. The molecule has 0 aromatic carbocycles. The molecule has 0 spiro atoms. The van der Waals surface area contributed by atoms with Crippen molar-refractivity contribution < 1.29 is 19.8 Å². The summed E-state index contributed by atoms with van der Waals surface area (Å²) in [6, 6.07) is -1.01. The molecule has 6 heteroatoms. The second-order valence-electron chi connectivity index (χ2n) is 5.86. The highest BCUT2D eigenvalue weighted by atomic mass is 16.4. The lowest BCUT2D eigenvalue weighted by Crippen LogP contribution is -2.53. The van der Waals surface area contributed by atoms with Crippen LogP contribution in [-0.4, -0.2) is 63.3 Å². The molecule has 2 aliphatic rings. The predicted molar refractivity (Wildman–Crippen MR) is 68.7 cm³/mol. The largest absolute Gasteiger partial charge is 0.480 e. The van der Waals surface area contributed by atoms with E-state index in [-0.39, 0.29) is 25.0 Å². The van der Waals surface area contributed by atoms with Crippen molar-refractivity contribution >= 4 is 12.0 Å². The van der Waals surface area contributed by atoms with E-state index in [1.54, 1.807) is 4.90 Å². The van der Waals surface area contributed by atoms with Crippen molar-refractivity contribution in [1.82, 2.24) is 9.80 Å². The SMILES string of the molecule is CC1CCC(C)N(C(=O)N2CC(O)CC2C(=O)O)C1. The number of hydrogen-bond acceptors (Lipinski definition) is 3. The number of nitrogens with zero attached hydrogens (tertiary/aromatic N) is 2. The van der Waals surface area contributed by atoms with E-state index in [4.69, 9.17) is 5.11 Å². The zero-order valence-corrected chi connectivity index (χ0v) is 11.5. The summed E-state index contributed by atoms with van der Waals surface area (Å²) in [5.41, 5.74) is 0. The summed E-state index contributed by atoms with van der Waals surface area (Å²) >= 11 is 0. The molecule has 108 valence electrons. The van der Waals surface area contributed by atoms with Crippen LogP contribution in [0.1, 0.15) is 33.1 Å². The molecule has 4 atom stereocenters. The van der Waals surface area contributed by atoms with Gasteiger partial charge in [0.2, 0.25) is 0 Å². The summed E-state index contributed by atoms with van der Waals surface area (Å²) < 4.78 is 0. The number of likely N-dealkylation sites (tertiary alicyclic amines) is 2. The Bertz CT molecular complexity index is 374. The molecule has 2 amide bonds. The van der Waals surface area contributed by atoms with E-state index < -0.39 is 18.1 Å². The molecule has 2 rings (SSSR count). The highest BCUT2D eigenvalue weighted by Crippen LogP contribution is 2.26. The van der Waals surface area contributed by atoms with Gasteiger partial charge in [0, 0.05) is 25.6 Å². The van der Waals surface area contributed by atoms with Gasteiger partial charge < -0.3 is 20.0 Å². The maximum absolute atomic E-state index is 12.5. The Hall–Kier alpha value is -1.30. The molecule has 0 radical (unpaired) electrons. The first-order chi connectivity index (χ1) is 8.90. The summed E-state index contributed by atoms with van der Waals surface area (Å²) in [4.78, 5) is 26.7. The van der Waals surface area contributed by atoms with Crippen LogP contribution in [0.25, 0.3) is 0 Å². The average Bonchev–Trinajstić information content (AvgIpc) is 2.74. The molecule has 2 fully saturated rings. The maximum Gasteiger partial charge on any atom is 0.326 e. The zero-order valence-electron chi connectivity index (χ0n) is 11.5. The van der Waals surface area contributed by atoms with Crippen LogP contribution in [0, 0.1) is 5.92 Å². The van der Waals surface area contributed by atoms with Crippen LogP contribution in [0.4, 0.5) is 4.79 Å². The predicted octanol–water partition coefficient (Wildman–Crippen LogP) is 0.747. The number of amides is 2. The quantitative estimate of drug-likeness (QED) is 0.736. The molecule has 2 saturated heterocycles. The van der Waals surface area contributed by atoms with Crippen molar-refractivity contribution in [2.45, 2.75) is 51.3 Å². The molecule has 2 heterocycles. The molecule has 0 aromatic heterocycles. The van der Waals surface area contributed by atoms with Crippen LogP contribution in [-0.2, 0) is 4.79 Å². The topological polar surface area (TPSA) is 81.1 Å². The number of hydrogen-bond donors (Lipinski definition) is 2. The van der Waals surface area contributed by atoms with E-state index in [1.807, 2.05) is 6.92 Å². The Morgan fingerprint density at radius 3 is 2.42 bits per heavy atom. The number of aliphatic carboxylic acids is 1. The van der Waals surface area contributed by atoms with Gasteiger partial charge in [-0.2, -0.15) is 0 Å². The molecule has 0 aromatic rings. The first-order valence-electron chi connectivity index (χ1n) is 6.88. The number of piperidine rings is 1. The van der Waals surface area contributed by atoms with Gasteiger partial charge in [0.1, 0.15) is 6.04 Å². The second-order valence-corrected chi connectivity index (χ2v) is 5.86. The fraction of sp³-hybridized carbons (Fsp3) is 0.846. The summed E-state index contributed by atoms with van der Waals surface area (Å²) in [5.74, 6) is -0.599. The van der Waals surface area contributed by atoms with Gasteiger partial charge in [-0.25, -0.2) is 9.59 Å². The van der Waals surface area contributed by atoms with Gasteiger partial charge in [-0.15, -0.1) is 0 Å². The fourth-order valence-corrected chi connectivity index (χ4v) is 2.98. The standard InChI is InChI=1S/C13H22N2O4/c1-8-3-4-9(2)14(6-8)13(19)15-7-10(16)5-11(15)12(17)18/h8-11,16H,3-7H2,1-2H3,(H,17,18). The maximum atomic E-state index is 12.5. The summed E-state index contributed by atoms with van der Waals surface area (Å²) in [5, 5.41) is 18.8. The number of urea groups is 1. The Morgan fingerprint density at radius 1 is 1.11 bits per heavy atom. The molecule has 0 saturated carbocycles. The Balaban J connectivity index is 2.11. The van der Waals surface area contributed by atoms with Crippen molar-refractivity contribution in [3.63, 3.8) is 0 Å². The zero-order chi connectivity index (χ0) is 14.2. The Kier molecular flexibility index (Phi) is 3.99. The van der Waals surface area contributed by atoms with Gasteiger partial charge in [-0.3, -0.25) is 0 Å². The van der Waals surface area contributed by atoms with Gasteiger partial charge in [-0.1, -0.05) is 6.92 Å². The number of carbonyl (C=O) groups is 2. The Labute approximate surface area is 113 Å². The van der Waals surface area contributed by atoms with Crippen LogP contribution in [0.3, 0.4) is 0 Å². The number of carboxylic acids is 1. The lowest BCUT2D eigenvalue weighted by atomic mass is 9.95. The number of carbonyl (C=O) groups excluding carboxylic acids is 1. The van der Waals surface area contributed by atoms with E-state index in [1.165, 1.54) is 4.90 Å². The van der Waals surface area contributed by atoms with E-state index in [9.17, 15) is 14.7 Å². The van der Waals surface area contributed by atoms with Crippen LogP contribution in [0.2, 0.25) is 0 Å². The van der Waals surface area contributed by atoms with Crippen molar-refractivity contribution in [3.8, 4) is 0 Å². The normalized spacial score (nSPS) is 35.5. The van der Waals surface area contributed by atoms with Crippen molar-refractivity contribution in [2.24, 2.45) is 5.92 Å². The molecule has 2 aliphatic heterocycles. The summed E-state index contributed by atoms with van der Waals surface area (Å²) in [6.45, 7) is 4.87. The minimum Gasteiger partial charge on any atom is -0.480 e. The second kappa shape index (κ2) is 5.36. The van der Waals surface area contributed by atoms with Gasteiger partial charge >= 0.3 is 12.0 Å². The van der Waals surface area contributed by atoms with Gasteiger partial charge in [-0.05, 0) is 25.7 Å². The third kappa shape index (κ3) is 2.83. The lowest BCUT2D eigenvalue weighted by Gasteiger charge is -2.39. The van der Waals surface area contributed by atoms with Crippen molar-refractivity contribution in [1.29, 1.82) is 0 Å². The monoisotopic (exact) mass is 270 g/mol. The van der Waals surface area contributed by atoms with E-state index in [0.717, 1.165) is 12.8 Å².